The Balaban J connectivity index is 2.45. The summed E-state index contributed by atoms with van der Waals surface area (Å²) in [6, 6.07) is 7.81. The number of likely N-dealkylation sites (N-methyl/N-ethyl adjacent to an activating group) is 1. The Hall–Kier alpha value is -1.57. The van der Waals surface area contributed by atoms with Crippen LogP contribution in [0.15, 0.2) is 18.2 Å². The van der Waals surface area contributed by atoms with Crippen LogP contribution >= 0.6 is 11.6 Å². The van der Waals surface area contributed by atoms with E-state index < -0.39 is 0 Å². The van der Waals surface area contributed by atoms with E-state index in [0.29, 0.717) is 11.4 Å². The molecule has 0 aliphatic rings. The molecule has 0 aliphatic heterocycles. The molecule has 1 aromatic heterocycles. The predicted molar refractivity (Wildman–Crippen MR) is 72.6 cm³/mol. The first kappa shape index (κ1) is 12.9. The zero-order valence-corrected chi connectivity index (χ0v) is 11.3. The number of halogens is 1. The van der Waals surface area contributed by atoms with E-state index in [-0.39, 0.29) is 0 Å². The van der Waals surface area contributed by atoms with Crippen LogP contribution in [0.5, 0.6) is 0 Å². The van der Waals surface area contributed by atoms with E-state index in [0.717, 1.165) is 29.9 Å². The molecule has 0 unspecified atom stereocenters. The summed E-state index contributed by atoms with van der Waals surface area (Å²) >= 11 is 5.96. The molecule has 0 radical (unpaired) electrons. The standard InChI is InChI=1S/C13H15ClN4/c1-17(2)7-8-18-12-4-3-10(14)9-11(12)16-13(18)5-6-15/h3-4,9H,5,7-8H2,1-2H3. The number of hydrogen-bond acceptors (Lipinski definition) is 3. The van der Waals surface area contributed by atoms with Gasteiger partial charge in [0.15, 0.2) is 0 Å². The fourth-order valence-electron chi connectivity index (χ4n) is 1.91. The lowest BCUT2D eigenvalue weighted by atomic mass is 10.3. The van der Waals surface area contributed by atoms with Gasteiger partial charge in [-0.25, -0.2) is 4.98 Å². The lowest BCUT2D eigenvalue weighted by molar-refractivity contribution is 0.384. The van der Waals surface area contributed by atoms with E-state index in [4.69, 9.17) is 16.9 Å². The predicted octanol–water partition coefficient (Wildman–Crippen LogP) is 2.32. The molecule has 5 heteroatoms. The van der Waals surface area contributed by atoms with Gasteiger partial charge in [0.2, 0.25) is 0 Å². The number of benzene rings is 1. The van der Waals surface area contributed by atoms with Crippen molar-refractivity contribution < 1.29 is 0 Å². The first-order chi connectivity index (χ1) is 8.61. The van der Waals surface area contributed by atoms with Crippen LogP contribution < -0.4 is 0 Å². The van der Waals surface area contributed by atoms with Gasteiger partial charge < -0.3 is 9.47 Å². The molecule has 1 heterocycles. The second-order valence-electron chi connectivity index (χ2n) is 4.45. The van der Waals surface area contributed by atoms with Crippen LogP contribution in [0.1, 0.15) is 5.82 Å². The molecular weight excluding hydrogens is 248 g/mol. The molecule has 0 fully saturated rings. The van der Waals surface area contributed by atoms with E-state index in [1.165, 1.54) is 0 Å². The van der Waals surface area contributed by atoms with Crippen molar-refractivity contribution in [3.8, 4) is 6.07 Å². The van der Waals surface area contributed by atoms with Crippen molar-refractivity contribution in [3.05, 3.63) is 29.0 Å². The van der Waals surface area contributed by atoms with Gasteiger partial charge >= 0.3 is 0 Å². The second-order valence-corrected chi connectivity index (χ2v) is 4.89. The van der Waals surface area contributed by atoms with Gasteiger partial charge in [-0.15, -0.1) is 0 Å². The summed E-state index contributed by atoms with van der Waals surface area (Å²) < 4.78 is 2.09. The Kier molecular flexibility index (Phi) is 3.85. The number of imidazole rings is 1. The molecule has 18 heavy (non-hydrogen) atoms. The van der Waals surface area contributed by atoms with Gasteiger partial charge in [0.25, 0.3) is 0 Å². The minimum absolute atomic E-state index is 0.319. The smallest absolute Gasteiger partial charge is 0.124 e. The van der Waals surface area contributed by atoms with Crippen molar-refractivity contribution in [2.45, 2.75) is 13.0 Å². The SMILES string of the molecule is CN(C)CCn1c(CC#N)nc2cc(Cl)ccc21. The number of fused-ring (bicyclic) bond motifs is 1. The highest BCUT2D eigenvalue weighted by molar-refractivity contribution is 6.31. The van der Waals surface area contributed by atoms with E-state index in [1.807, 2.05) is 32.3 Å². The first-order valence-electron chi connectivity index (χ1n) is 5.78. The third-order valence-electron chi connectivity index (χ3n) is 2.80. The zero-order valence-electron chi connectivity index (χ0n) is 10.5. The van der Waals surface area contributed by atoms with Crippen molar-refractivity contribution in [3.63, 3.8) is 0 Å². The Bertz CT molecular complexity index is 595. The van der Waals surface area contributed by atoms with Gasteiger partial charge in [0.1, 0.15) is 5.82 Å². The highest BCUT2D eigenvalue weighted by atomic mass is 35.5. The van der Waals surface area contributed by atoms with Crippen LogP contribution in [-0.2, 0) is 13.0 Å². The summed E-state index contributed by atoms with van der Waals surface area (Å²) in [7, 11) is 4.06. The third kappa shape index (κ3) is 2.63. The summed E-state index contributed by atoms with van der Waals surface area (Å²) in [5.74, 6) is 0.802. The number of nitrogens with zero attached hydrogens (tertiary/aromatic N) is 4. The molecule has 0 amide bonds. The summed E-state index contributed by atoms with van der Waals surface area (Å²) in [6.45, 7) is 1.73. The zero-order chi connectivity index (χ0) is 13.1. The molecule has 0 saturated heterocycles. The number of hydrogen-bond donors (Lipinski definition) is 0. The molecule has 1 aromatic carbocycles. The van der Waals surface area contributed by atoms with Crippen LogP contribution in [0.2, 0.25) is 5.02 Å². The molecule has 0 spiro atoms. The fraction of sp³-hybridized carbons (Fsp3) is 0.385. The first-order valence-corrected chi connectivity index (χ1v) is 6.16. The van der Waals surface area contributed by atoms with Crippen molar-refractivity contribution in [2.24, 2.45) is 0 Å². The molecule has 0 aliphatic carbocycles. The van der Waals surface area contributed by atoms with Gasteiger partial charge in [-0.3, -0.25) is 0 Å². The fourth-order valence-corrected chi connectivity index (χ4v) is 2.07. The van der Waals surface area contributed by atoms with Crippen LogP contribution in [0.3, 0.4) is 0 Å². The minimum atomic E-state index is 0.319. The monoisotopic (exact) mass is 262 g/mol. The average Bonchev–Trinajstić information content (AvgIpc) is 2.63. The van der Waals surface area contributed by atoms with Gasteiger partial charge in [-0.2, -0.15) is 5.26 Å². The third-order valence-corrected chi connectivity index (χ3v) is 3.03. The molecule has 2 aromatic rings. The van der Waals surface area contributed by atoms with Crippen LogP contribution in [0, 0.1) is 11.3 Å². The second kappa shape index (κ2) is 5.38. The molecular formula is C13H15ClN4. The average molecular weight is 263 g/mol. The van der Waals surface area contributed by atoms with Crippen LogP contribution in [0.4, 0.5) is 0 Å². The molecule has 4 nitrogen and oxygen atoms in total. The Morgan fingerprint density at radius 2 is 2.22 bits per heavy atom. The Labute approximate surface area is 111 Å². The minimum Gasteiger partial charge on any atom is -0.326 e. The van der Waals surface area contributed by atoms with Crippen molar-refractivity contribution >= 4 is 22.6 Å². The van der Waals surface area contributed by atoms with Gasteiger partial charge in [0.05, 0.1) is 23.5 Å². The van der Waals surface area contributed by atoms with Gasteiger partial charge in [-0.05, 0) is 32.3 Å². The number of rotatable bonds is 4. The van der Waals surface area contributed by atoms with Crippen molar-refractivity contribution in [1.82, 2.24) is 14.5 Å². The Morgan fingerprint density at radius 3 is 2.89 bits per heavy atom. The lowest BCUT2D eigenvalue weighted by Gasteiger charge is -2.12. The summed E-state index contributed by atoms with van der Waals surface area (Å²) in [4.78, 5) is 6.59. The van der Waals surface area contributed by atoms with Crippen molar-refractivity contribution in [2.75, 3.05) is 20.6 Å². The largest absolute Gasteiger partial charge is 0.326 e. The maximum atomic E-state index is 8.86. The normalized spacial score (nSPS) is 11.1. The molecule has 0 saturated carbocycles. The molecule has 0 atom stereocenters. The van der Waals surface area contributed by atoms with E-state index in [1.54, 1.807) is 0 Å². The maximum absolute atomic E-state index is 8.86. The van der Waals surface area contributed by atoms with E-state index in [9.17, 15) is 0 Å². The molecule has 94 valence electrons. The van der Waals surface area contributed by atoms with E-state index >= 15 is 0 Å². The summed E-state index contributed by atoms with van der Waals surface area (Å²) in [6.07, 6.45) is 0.319. The van der Waals surface area contributed by atoms with Crippen LogP contribution in [-0.4, -0.2) is 35.1 Å². The highest BCUT2D eigenvalue weighted by Crippen LogP contribution is 2.20. The number of nitriles is 1. The Morgan fingerprint density at radius 1 is 1.44 bits per heavy atom. The molecule has 0 bridgehead atoms. The van der Waals surface area contributed by atoms with Crippen molar-refractivity contribution in [1.29, 1.82) is 5.26 Å². The lowest BCUT2D eigenvalue weighted by Crippen LogP contribution is -2.19. The highest BCUT2D eigenvalue weighted by Gasteiger charge is 2.10. The van der Waals surface area contributed by atoms with Gasteiger partial charge in [-0.1, -0.05) is 11.6 Å². The number of aromatic nitrogens is 2. The van der Waals surface area contributed by atoms with Gasteiger partial charge in [0, 0.05) is 18.1 Å². The molecule has 0 N–H and O–H groups in total. The van der Waals surface area contributed by atoms with Crippen LogP contribution in [0.25, 0.3) is 11.0 Å². The molecule has 2 rings (SSSR count). The topological polar surface area (TPSA) is 44.9 Å². The maximum Gasteiger partial charge on any atom is 0.124 e. The summed E-state index contributed by atoms with van der Waals surface area (Å²) in [5.41, 5.74) is 1.89. The van der Waals surface area contributed by atoms with E-state index in [2.05, 4.69) is 20.5 Å². The quantitative estimate of drug-likeness (QED) is 0.849. The summed E-state index contributed by atoms with van der Waals surface area (Å²) in [5, 5.41) is 9.53.